The van der Waals surface area contributed by atoms with Gasteiger partial charge >= 0.3 is 0 Å². The van der Waals surface area contributed by atoms with E-state index in [-0.39, 0.29) is 35.5 Å². The van der Waals surface area contributed by atoms with Gasteiger partial charge in [0.05, 0.1) is 35.3 Å². The van der Waals surface area contributed by atoms with Crippen molar-refractivity contribution in [3.63, 3.8) is 0 Å². The Morgan fingerprint density at radius 2 is 1.82 bits per heavy atom. The number of hydrogen-bond acceptors (Lipinski definition) is 5. The molecule has 28 heavy (non-hydrogen) atoms. The fourth-order valence-electron chi connectivity index (χ4n) is 5.28. The van der Waals surface area contributed by atoms with Gasteiger partial charge in [-0.3, -0.25) is 9.59 Å². The number of carbonyl (C=O) groups excluding carboxylic acids is 2. The standard InChI is InChI=1S/C21H21IN2O4/c1-3-28-19-15(22)6-10(7-16(19)27-2)9-23-24-20(25)17-11-4-5-12(14-8-13(11)14)18(17)21(24)26/h4-7,9,11-14,17-18H,3,8H2,1-2H3/b23-9-/t11-,12-,13-,14-,17+,18+/m0/s1. The number of methoxy groups -OCH3 is 1. The van der Waals surface area contributed by atoms with Crippen LogP contribution < -0.4 is 9.47 Å². The third kappa shape index (κ3) is 2.54. The number of benzene rings is 1. The third-order valence-electron chi connectivity index (χ3n) is 6.50. The largest absolute Gasteiger partial charge is 0.493 e. The van der Waals surface area contributed by atoms with Crippen LogP contribution in [0.25, 0.3) is 0 Å². The maximum Gasteiger partial charge on any atom is 0.254 e. The predicted molar refractivity (Wildman–Crippen MR) is 111 cm³/mol. The van der Waals surface area contributed by atoms with E-state index >= 15 is 0 Å². The minimum Gasteiger partial charge on any atom is -0.493 e. The summed E-state index contributed by atoms with van der Waals surface area (Å²) >= 11 is 2.18. The zero-order chi connectivity index (χ0) is 19.6. The van der Waals surface area contributed by atoms with Crippen LogP contribution in [0.5, 0.6) is 11.5 Å². The zero-order valence-electron chi connectivity index (χ0n) is 15.7. The molecule has 1 saturated heterocycles. The SMILES string of the molecule is CCOc1c(I)cc(/C=N\N2C(=O)[C@@H]3[C@H]4C=C[C@@H]([C@@H]5C[C@@H]45)[C@H]3C2=O)cc1OC. The van der Waals surface area contributed by atoms with E-state index in [2.05, 4.69) is 39.8 Å². The van der Waals surface area contributed by atoms with Crippen molar-refractivity contribution in [2.24, 2.45) is 40.6 Å². The molecule has 2 amide bonds. The average Bonchev–Trinajstić information content (AvgIpc) is 3.47. The molecule has 1 aromatic carbocycles. The molecule has 146 valence electrons. The summed E-state index contributed by atoms with van der Waals surface area (Å²) in [6.45, 7) is 2.46. The van der Waals surface area contributed by atoms with E-state index in [4.69, 9.17) is 9.47 Å². The van der Waals surface area contributed by atoms with Gasteiger partial charge in [-0.1, -0.05) is 12.2 Å². The molecular formula is C21H21IN2O4. The normalized spacial score (nSPS) is 34.8. The minimum atomic E-state index is -0.224. The summed E-state index contributed by atoms with van der Waals surface area (Å²) in [5.74, 6) is 2.15. The summed E-state index contributed by atoms with van der Waals surface area (Å²) in [5.41, 5.74) is 0.754. The summed E-state index contributed by atoms with van der Waals surface area (Å²) in [4.78, 5) is 25.9. The fraction of sp³-hybridized carbons (Fsp3) is 0.476. The molecule has 4 aliphatic carbocycles. The van der Waals surface area contributed by atoms with Crippen molar-refractivity contribution in [3.8, 4) is 11.5 Å². The molecule has 2 saturated carbocycles. The Morgan fingerprint density at radius 3 is 2.39 bits per heavy atom. The van der Waals surface area contributed by atoms with Gasteiger partial charge in [0, 0.05) is 0 Å². The number of imide groups is 1. The first-order chi connectivity index (χ1) is 13.5. The summed E-state index contributed by atoms with van der Waals surface area (Å²) < 4.78 is 11.9. The van der Waals surface area contributed by atoms with Crippen molar-refractivity contribution in [1.29, 1.82) is 0 Å². The van der Waals surface area contributed by atoms with Crippen molar-refractivity contribution in [2.75, 3.05) is 13.7 Å². The van der Waals surface area contributed by atoms with Crippen molar-refractivity contribution >= 4 is 40.6 Å². The summed E-state index contributed by atoms with van der Waals surface area (Å²) in [6.07, 6.45) is 7.04. The first-order valence-electron chi connectivity index (χ1n) is 9.65. The van der Waals surface area contributed by atoms with Crippen LogP contribution in [0.4, 0.5) is 0 Å². The van der Waals surface area contributed by atoms with Crippen LogP contribution in [0.15, 0.2) is 29.4 Å². The molecule has 1 heterocycles. The number of halogens is 1. The van der Waals surface area contributed by atoms with Crippen LogP contribution in [0.1, 0.15) is 18.9 Å². The highest BCUT2D eigenvalue weighted by Crippen LogP contribution is 2.65. The highest BCUT2D eigenvalue weighted by molar-refractivity contribution is 14.1. The van der Waals surface area contributed by atoms with Gasteiger partial charge in [0.15, 0.2) is 11.5 Å². The van der Waals surface area contributed by atoms with Gasteiger partial charge < -0.3 is 9.47 Å². The molecule has 5 aliphatic rings. The second-order valence-electron chi connectivity index (χ2n) is 7.85. The lowest BCUT2D eigenvalue weighted by Gasteiger charge is -2.37. The Morgan fingerprint density at radius 1 is 1.18 bits per heavy atom. The smallest absolute Gasteiger partial charge is 0.254 e. The van der Waals surface area contributed by atoms with Gasteiger partial charge in [0.2, 0.25) is 0 Å². The minimum absolute atomic E-state index is 0.149. The molecule has 0 radical (unpaired) electrons. The first-order valence-corrected chi connectivity index (χ1v) is 10.7. The van der Waals surface area contributed by atoms with E-state index in [0.29, 0.717) is 29.9 Å². The molecule has 0 unspecified atom stereocenters. The maximum atomic E-state index is 13.0. The van der Waals surface area contributed by atoms with Crippen LogP contribution in [0, 0.1) is 39.1 Å². The fourth-order valence-corrected chi connectivity index (χ4v) is 6.06. The summed E-state index contributed by atoms with van der Waals surface area (Å²) in [7, 11) is 1.58. The number of carbonyl (C=O) groups is 2. The molecule has 6 rings (SSSR count). The van der Waals surface area contributed by atoms with Gasteiger partial charge in [-0.15, -0.1) is 0 Å². The number of amides is 2. The molecule has 6 atom stereocenters. The second kappa shape index (κ2) is 6.57. The van der Waals surface area contributed by atoms with E-state index in [1.54, 1.807) is 19.4 Å². The maximum absolute atomic E-state index is 13.0. The number of hydrazone groups is 1. The van der Waals surface area contributed by atoms with Gasteiger partial charge in [-0.05, 0) is 77.3 Å². The Bertz CT molecular complexity index is 891. The van der Waals surface area contributed by atoms with Crippen molar-refractivity contribution < 1.29 is 19.1 Å². The number of nitrogens with zero attached hydrogens (tertiary/aromatic N) is 2. The number of hydrogen-bond donors (Lipinski definition) is 0. The Labute approximate surface area is 177 Å². The summed E-state index contributed by atoms with van der Waals surface area (Å²) in [5, 5.41) is 5.39. The lowest BCUT2D eigenvalue weighted by atomic mass is 9.63. The molecule has 0 aromatic heterocycles. The van der Waals surface area contributed by atoms with Gasteiger partial charge in [-0.25, -0.2) is 0 Å². The highest BCUT2D eigenvalue weighted by Gasteiger charge is 2.67. The lowest BCUT2D eigenvalue weighted by molar-refractivity contribution is -0.140. The van der Waals surface area contributed by atoms with Crippen LogP contribution in [-0.2, 0) is 9.59 Å². The second-order valence-corrected chi connectivity index (χ2v) is 9.02. The third-order valence-corrected chi connectivity index (χ3v) is 7.30. The molecule has 1 aromatic rings. The molecule has 0 N–H and O–H groups in total. The average molecular weight is 492 g/mol. The lowest BCUT2D eigenvalue weighted by Crippen LogP contribution is -2.40. The molecule has 3 fully saturated rings. The number of allylic oxidation sites excluding steroid dienone is 2. The molecule has 2 bridgehead atoms. The van der Waals surface area contributed by atoms with E-state index in [0.717, 1.165) is 20.6 Å². The molecule has 6 nitrogen and oxygen atoms in total. The van der Waals surface area contributed by atoms with Crippen LogP contribution in [-0.4, -0.2) is 36.8 Å². The van der Waals surface area contributed by atoms with Gasteiger partial charge in [-0.2, -0.15) is 10.1 Å². The van der Waals surface area contributed by atoms with E-state index < -0.39 is 0 Å². The molecule has 7 heteroatoms. The van der Waals surface area contributed by atoms with Crippen LogP contribution in [0.2, 0.25) is 0 Å². The topological polar surface area (TPSA) is 68.2 Å². The van der Waals surface area contributed by atoms with E-state index in [9.17, 15) is 9.59 Å². The Kier molecular flexibility index (Phi) is 4.26. The highest BCUT2D eigenvalue weighted by atomic mass is 127. The number of ether oxygens (including phenoxy) is 2. The summed E-state index contributed by atoms with van der Waals surface area (Å²) in [6, 6.07) is 3.70. The van der Waals surface area contributed by atoms with Crippen molar-refractivity contribution in [3.05, 3.63) is 33.4 Å². The number of rotatable bonds is 5. The monoisotopic (exact) mass is 492 g/mol. The van der Waals surface area contributed by atoms with Crippen molar-refractivity contribution in [2.45, 2.75) is 13.3 Å². The Hall–Kier alpha value is -1.90. The van der Waals surface area contributed by atoms with E-state index in [1.165, 1.54) is 0 Å². The molecular weight excluding hydrogens is 471 g/mol. The quantitative estimate of drug-likeness (QED) is 0.274. The zero-order valence-corrected chi connectivity index (χ0v) is 17.8. The van der Waals surface area contributed by atoms with Gasteiger partial charge in [0.25, 0.3) is 11.8 Å². The van der Waals surface area contributed by atoms with Crippen LogP contribution >= 0.6 is 22.6 Å². The predicted octanol–water partition coefficient (Wildman–Crippen LogP) is 3.09. The van der Waals surface area contributed by atoms with E-state index in [1.807, 2.05) is 13.0 Å². The molecule has 1 aliphatic heterocycles. The Balaban J connectivity index is 1.41. The first kappa shape index (κ1) is 18.1. The molecule has 0 spiro atoms. The van der Waals surface area contributed by atoms with Gasteiger partial charge in [0.1, 0.15) is 0 Å². The van der Waals surface area contributed by atoms with Crippen LogP contribution in [0.3, 0.4) is 0 Å². The van der Waals surface area contributed by atoms with Crippen molar-refractivity contribution in [1.82, 2.24) is 5.01 Å².